The van der Waals surface area contributed by atoms with Crippen molar-refractivity contribution in [3.05, 3.63) is 71.3 Å². The fraction of sp³-hybridized carbons (Fsp3) is 0.350. The second kappa shape index (κ2) is 10.8. The van der Waals surface area contributed by atoms with Gasteiger partial charge in [-0.05, 0) is 17.7 Å². The summed E-state index contributed by atoms with van der Waals surface area (Å²) in [5.74, 6) is -2.82. The fourth-order valence-corrected chi connectivity index (χ4v) is 4.54. The minimum Gasteiger partial charge on any atom is -0.351 e. The van der Waals surface area contributed by atoms with Crippen molar-refractivity contribution in [3.63, 3.8) is 0 Å². The third-order valence-electron chi connectivity index (χ3n) is 4.79. The van der Waals surface area contributed by atoms with Crippen molar-refractivity contribution in [2.75, 3.05) is 38.5 Å². The molecule has 2 aromatic carbocycles. The molecule has 2 aromatic rings. The Labute approximate surface area is 181 Å². The number of nitrogens with zero attached hydrogens (tertiary/aromatic N) is 2. The number of sulfonamides is 1. The topological polar surface area (TPSA) is 69.7 Å². The number of rotatable bonds is 7. The molecule has 0 radical (unpaired) electrons. The minimum atomic E-state index is -3.54. The van der Waals surface area contributed by atoms with E-state index in [2.05, 4.69) is 10.2 Å². The first-order chi connectivity index (χ1) is 13.8. The molecule has 0 aromatic heterocycles. The Hall–Kier alpha value is -2.07. The highest BCUT2D eigenvalue weighted by atomic mass is 35.5. The van der Waals surface area contributed by atoms with Crippen LogP contribution in [0.4, 0.5) is 8.78 Å². The lowest BCUT2D eigenvalue weighted by molar-refractivity contribution is 0.0952. The van der Waals surface area contributed by atoms with Crippen LogP contribution in [-0.4, -0.2) is 62.0 Å². The zero-order valence-electron chi connectivity index (χ0n) is 16.3. The van der Waals surface area contributed by atoms with Crippen LogP contribution in [0.3, 0.4) is 0 Å². The van der Waals surface area contributed by atoms with Gasteiger partial charge in [0, 0.05) is 45.3 Å². The molecule has 3 rings (SSSR count). The van der Waals surface area contributed by atoms with Gasteiger partial charge in [-0.15, -0.1) is 12.4 Å². The van der Waals surface area contributed by atoms with Gasteiger partial charge in [0.2, 0.25) is 10.0 Å². The van der Waals surface area contributed by atoms with Gasteiger partial charge in [0.1, 0.15) is 11.6 Å². The van der Waals surface area contributed by atoms with E-state index in [1.807, 2.05) is 30.3 Å². The summed E-state index contributed by atoms with van der Waals surface area (Å²) in [4.78, 5) is 14.2. The quantitative estimate of drug-likeness (QED) is 0.689. The largest absolute Gasteiger partial charge is 0.351 e. The summed E-state index contributed by atoms with van der Waals surface area (Å²) in [6, 6.07) is 12.6. The summed E-state index contributed by atoms with van der Waals surface area (Å²) in [5, 5.41) is 2.38. The van der Waals surface area contributed by atoms with Crippen LogP contribution in [-0.2, 0) is 16.6 Å². The van der Waals surface area contributed by atoms with E-state index in [9.17, 15) is 22.0 Å². The first kappa shape index (κ1) is 24.2. The van der Waals surface area contributed by atoms with E-state index in [0.29, 0.717) is 32.2 Å². The third-order valence-corrected chi connectivity index (χ3v) is 6.67. The maximum absolute atomic E-state index is 13.6. The molecular formula is C20H24ClF2N3O3S. The molecule has 1 aliphatic heterocycles. The Kier molecular flexibility index (Phi) is 8.72. The van der Waals surface area contributed by atoms with Crippen LogP contribution in [0.2, 0.25) is 0 Å². The molecule has 0 spiro atoms. The van der Waals surface area contributed by atoms with Gasteiger partial charge < -0.3 is 5.32 Å². The van der Waals surface area contributed by atoms with Crippen molar-refractivity contribution in [1.82, 2.24) is 14.5 Å². The number of amides is 1. The average Bonchev–Trinajstić information content (AvgIpc) is 2.69. The predicted molar refractivity (Wildman–Crippen MR) is 113 cm³/mol. The standard InChI is InChI=1S/C20H23F2N3O3S.ClH/c21-17-6-7-18(19(22)14-17)20(26)23-8-13-29(27,28)25-11-9-24(10-12-25)15-16-4-2-1-3-5-16;/h1-7,14H,8-13,15H2,(H,23,26);1H. The van der Waals surface area contributed by atoms with Gasteiger partial charge in [-0.3, -0.25) is 9.69 Å². The average molecular weight is 460 g/mol. The molecule has 10 heteroatoms. The van der Waals surface area contributed by atoms with E-state index in [0.717, 1.165) is 18.7 Å². The SMILES string of the molecule is Cl.O=C(NCCS(=O)(=O)N1CCN(Cc2ccccc2)CC1)c1ccc(F)cc1F. The van der Waals surface area contributed by atoms with E-state index in [-0.39, 0.29) is 30.3 Å². The highest BCUT2D eigenvalue weighted by molar-refractivity contribution is 7.89. The zero-order chi connectivity index (χ0) is 20.9. The smallest absolute Gasteiger partial charge is 0.254 e. The Bertz CT molecular complexity index is 953. The summed E-state index contributed by atoms with van der Waals surface area (Å²) in [6.45, 7) is 2.64. The molecule has 6 nitrogen and oxygen atoms in total. The highest BCUT2D eigenvalue weighted by Gasteiger charge is 2.26. The molecule has 30 heavy (non-hydrogen) atoms. The maximum Gasteiger partial charge on any atom is 0.254 e. The lowest BCUT2D eigenvalue weighted by atomic mass is 10.2. The fourth-order valence-electron chi connectivity index (χ4n) is 3.20. The van der Waals surface area contributed by atoms with Gasteiger partial charge in [0.05, 0.1) is 11.3 Å². The molecule has 0 saturated carbocycles. The molecule has 1 heterocycles. The van der Waals surface area contributed by atoms with Gasteiger partial charge in [0.15, 0.2) is 0 Å². The first-order valence-electron chi connectivity index (χ1n) is 9.32. The number of carbonyl (C=O) groups excluding carboxylic acids is 1. The molecule has 1 N–H and O–H groups in total. The van der Waals surface area contributed by atoms with E-state index in [1.165, 1.54) is 9.87 Å². The Morgan fingerprint density at radius 3 is 2.30 bits per heavy atom. The van der Waals surface area contributed by atoms with Crippen LogP contribution in [0, 0.1) is 11.6 Å². The maximum atomic E-state index is 13.6. The molecule has 0 atom stereocenters. The highest BCUT2D eigenvalue weighted by Crippen LogP contribution is 2.12. The summed E-state index contributed by atoms with van der Waals surface area (Å²) < 4.78 is 53.0. The monoisotopic (exact) mass is 459 g/mol. The Balaban J connectivity index is 0.00000320. The summed E-state index contributed by atoms with van der Waals surface area (Å²) in [5.41, 5.74) is 0.859. The number of hydrogen-bond donors (Lipinski definition) is 1. The van der Waals surface area contributed by atoms with Gasteiger partial charge in [0.25, 0.3) is 5.91 Å². The normalized spacial score (nSPS) is 15.4. The molecule has 1 aliphatic rings. The van der Waals surface area contributed by atoms with Crippen molar-refractivity contribution >= 4 is 28.3 Å². The summed E-state index contributed by atoms with van der Waals surface area (Å²) >= 11 is 0. The number of halogens is 3. The Morgan fingerprint density at radius 2 is 1.67 bits per heavy atom. The predicted octanol–water partition coefficient (Wildman–Crippen LogP) is 2.26. The number of benzene rings is 2. The van der Waals surface area contributed by atoms with Crippen molar-refractivity contribution in [3.8, 4) is 0 Å². The number of hydrogen-bond acceptors (Lipinski definition) is 4. The zero-order valence-corrected chi connectivity index (χ0v) is 17.9. The number of carbonyl (C=O) groups is 1. The molecule has 1 saturated heterocycles. The number of piperazine rings is 1. The molecule has 1 amide bonds. The molecule has 164 valence electrons. The van der Waals surface area contributed by atoms with Crippen LogP contribution in [0.15, 0.2) is 48.5 Å². The molecule has 0 bridgehead atoms. The van der Waals surface area contributed by atoms with E-state index >= 15 is 0 Å². The van der Waals surface area contributed by atoms with Crippen molar-refractivity contribution < 1.29 is 22.0 Å². The second-order valence-corrected chi connectivity index (χ2v) is 8.95. The van der Waals surface area contributed by atoms with Gasteiger partial charge in [-0.25, -0.2) is 17.2 Å². The second-order valence-electron chi connectivity index (χ2n) is 6.86. The van der Waals surface area contributed by atoms with E-state index in [4.69, 9.17) is 0 Å². The summed E-state index contributed by atoms with van der Waals surface area (Å²) in [7, 11) is -3.54. The van der Waals surface area contributed by atoms with Crippen LogP contribution in [0.1, 0.15) is 15.9 Å². The van der Waals surface area contributed by atoms with Gasteiger partial charge in [-0.1, -0.05) is 30.3 Å². The lowest BCUT2D eigenvalue weighted by Crippen LogP contribution is -2.49. The molecule has 0 aliphatic carbocycles. The minimum absolute atomic E-state index is 0. The molecule has 0 unspecified atom stereocenters. The van der Waals surface area contributed by atoms with Gasteiger partial charge >= 0.3 is 0 Å². The van der Waals surface area contributed by atoms with Gasteiger partial charge in [-0.2, -0.15) is 4.31 Å². The van der Waals surface area contributed by atoms with Crippen LogP contribution in [0.5, 0.6) is 0 Å². The van der Waals surface area contributed by atoms with Crippen LogP contribution < -0.4 is 5.32 Å². The first-order valence-corrected chi connectivity index (χ1v) is 10.9. The van der Waals surface area contributed by atoms with E-state index < -0.39 is 27.6 Å². The molecule has 1 fully saturated rings. The van der Waals surface area contributed by atoms with Crippen LogP contribution >= 0.6 is 12.4 Å². The van der Waals surface area contributed by atoms with Crippen molar-refractivity contribution in [2.24, 2.45) is 0 Å². The van der Waals surface area contributed by atoms with Crippen molar-refractivity contribution in [2.45, 2.75) is 6.54 Å². The van der Waals surface area contributed by atoms with Crippen molar-refractivity contribution in [1.29, 1.82) is 0 Å². The summed E-state index contributed by atoms with van der Waals surface area (Å²) in [6.07, 6.45) is 0. The molecular weight excluding hydrogens is 436 g/mol. The van der Waals surface area contributed by atoms with Crippen LogP contribution in [0.25, 0.3) is 0 Å². The lowest BCUT2D eigenvalue weighted by Gasteiger charge is -2.34. The number of nitrogens with one attached hydrogen (secondary N) is 1. The Morgan fingerprint density at radius 1 is 1.00 bits per heavy atom. The van der Waals surface area contributed by atoms with E-state index in [1.54, 1.807) is 0 Å². The third kappa shape index (κ3) is 6.46.